The highest BCUT2D eigenvalue weighted by atomic mass is 32.2. The number of rotatable bonds is 7. The minimum Gasteiger partial charge on any atom is -0.495 e. The minimum atomic E-state index is -4.02. The SMILES string of the molecule is COc1ccccc1NS(=O)(=O)c1cccc(C(=O)NNC(=O)C(C)NC(=O)C(C)(C)C)c1. The zero-order chi connectivity index (χ0) is 24.8. The fourth-order valence-corrected chi connectivity index (χ4v) is 3.63. The number of benzene rings is 2. The van der Waals surface area contributed by atoms with E-state index in [1.807, 2.05) is 0 Å². The van der Waals surface area contributed by atoms with Gasteiger partial charge in [0, 0.05) is 11.0 Å². The molecule has 33 heavy (non-hydrogen) atoms. The second kappa shape index (κ2) is 10.3. The number of nitrogens with one attached hydrogen (secondary N) is 4. The largest absolute Gasteiger partial charge is 0.495 e. The van der Waals surface area contributed by atoms with Crippen molar-refractivity contribution >= 4 is 33.4 Å². The number of amides is 3. The maximum Gasteiger partial charge on any atom is 0.269 e. The predicted octanol–water partition coefficient (Wildman–Crippen LogP) is 1.81. The average Bonchev–Trinajstić information content (AvgIpc) is 2.76. The van der Waals surface area contributed by atoms with Crippen LogP contribution in [0.25, 0.3) is 0 Å². The summed E-state index contributed by atoms with van der Waals surface area (Å²) in [5, 5.41) is 2.54. The molecular formula is C22H28N4O6S. The summed E-state index contributed by atoms with van der Waals surface area (Å²) in [6.45, 7) is 6.59. The number of carbonyl (C=O) groups excluding carboxylic acids is 3. The van der Waals surface area contributed by atoms with Crippen LogP contribution >= 0.6 is 0 Å². The molecule has 0 radical (unpaired) electrons. The van der Waals surface area contributed by atoms with E-state index < -0.39 is 33.3 Å². The topological polar surface area (TPSA) is 143 Å². The van der Waals surface area contributed by atoms with Gasteiger partial charge in [0.2, 0.25) is 5.91 Å². The number of anilines is 1. The van der Waals surface area contributed by atoms with Gasteiger partial charge < -0.3 is 10.1 Å². The molecule has 0 aliphatic carbocycles. The number of methoxy groups -OCH3 is 1. The monoisotopic (exact) mass is 476 g/mol. The van der Waals surface area contributed by atoms with Gasteiger partial charge in [-0.25, -0.2) is 8.42 Å². The molecule has 2 rings (SSSR count). The Balaban J connectivity index is 2.07. The number of hydrogen-bond acceptors (Lipinski definition) is 6. The average molecular weight is 477 g/mol. The molecule has 178 valence electrons. The van der Waals surface area contributed by atoms with Crippen LogP contribution < -0.4 is 25.6 Å². The van der Waals surface area contributed by atoms with Crippen LogP contribution in [0.1, 0.15) is 38.1 Å². The third-order valence-corrected chi connectivity index (χ3v) is 5.84. The van der Waals surface area contributed by atoms with Crippen molar-refractivity contribution in [1.29, 1.82) is 0 Å². The van der Waals surface area contributed by atoms with E-state index in [1.165, 1.54) is 38.3 Å². The Morgan fingerprint density at radius 2 is 1.64 bits per heavy atom. The van der Waals surface area contributed by atoms with Crippen molar-refractivity contribution in [2.45, 2.75) is 38.6 Å². The predicted molar refractivity (Wildman–Crippen MR) is 123 cm³/mol. The number of ether oxygens (including phenoxy) is 1. The van der Waals surface area contributed by atoms with Crippen molar-refractivity contribution in [2.75, 3.05) is 11.8 Å². The zero-order valence-corrected chi connectivity index (χ0v) is 19.9. The van der Waals surface area contributed by atoms with Gasteiger partial charge in [0.25, 0.3) is 21.8 Å². The fraction of sp³-hybridized carbons (Fsp3) is 0.318. The maximum absolute atomic E-state index is 12.8. The summed E-state index contributed by atoms with van der Waals surface area (Å²) < 4.78 is 33.1. The smallest absolute Gasteiger partial charge is 0.269 e. The van der Waals surface area contributed by atoms with Gasteiger partial charge in [0.05, 0.1) is 17.7 Å². The lowest BCUT2D eigenvalue weighted by Gasteiger charge is -2.21. The molecule has 4 N–H and O–H groups in total. The van der Waals surface area contributed by atoms with Gasteiger partial charge in [-0.3, -0.25) is 30.0 Å². The minimum absolute atomic E-state index is 0.00424. The van der Waals surface area contributed by atoms with Gasteiger partial charge in [0.15, 0.2) is 0 Å². The Morgan fingerprint density at radius 3 is 2.27 bits per heavy atom. The molecule has 0 fully saturated rings. The highest BCUT2D eigenvalue weighted by Gasteiger charge is 2.25. The molecule has 0 aliphatic rings. The Bertz CT molecular complexity index is 1140. The van der Waals surface area contributed by atoms with E-state index in [2.05, 4.69) is 20.9 Å². The van der Waals surface area contributed by atoms with E-state index in [-0.39, 0.29) is 22.1 Å². The maximum atomic E-state index is 12.8. The van der Waals surface area contributed by atoms with Crippen LogP contribution in [0.3, 0.4) is 0 Å². The summed E-state index contributed by atoms with van der Waals surface area (Å²) in [6.07, 6.45) is 0. The van der Waals surface area contributed by atoms with Crippen LogP contribution in [-0.2, 0) is 19.6 Å². The molecule has 0 bridgehead atoms. The van der Waals surface area contributed by atoms with Crippen LogP contribution in [0, 0.1) is 5.41 Å². The first-order chi connectivity index (χ1) is 15.3. The van der Waals surface area contributed by atoms with E-state index in [9.17, 15) is 22.8 Å². The number of para-hydroxylation sites is 2. The van der Waals surface area contributed by atoms with Gasteiger partial charge >= 0.3 is 0 Å². The molecule has 11 heteroatoms. The lowest BCUT2D eigenvalue weighted by molar-refractivity contribution is -0.133. The third-order valence-electron chi connectivity index (χ3n) is 4.48. The number of hydrogen-bond donors (Lipinski definition) is 4. The van der Waals surface area contributed by atoms with Crippen molar-refractivity contribution in [2.24, 2.45) is 5.41 Å². The van der Waals surface area contributed by atoms with Gasteiger partial charge in [0.1, 0.15) is 11.8 Å². The van der Waals surface area contributed by atoms with Crippen molar-refractivity contribution in [3.63, 3.8) is 0 Å². The summed E-state index contributed by atoms with van der Waals surface area (Å²) in [6, 6.07) is 10.9. The Labute approximate surface area is 193 Å². The van der Waals surface area contributed by atoms with Crippen molar-refractivity contribution < 1.29 is 27.5 Å². The van der Waals surface area contributed by atoms with Crippen molar-refractivity contribution in [3.8, 4) is 5.75 Å². The molecule has 0 aromatic heterocycles. The first-order valence-electron chi connectivity index (χ1n) is 10.0. The van der Waals surface area contributed by atoms with E-state index in [1.54, 1.807) is 45.0 Å². The van der Waals surface area contributed by atoms with Gasteiger partial charge in [-0.1, -0.05) is 39.0 Å². The summed E-state index contributed by atoms with van der Waals surface area (Å²) >= 11 is 0. The van der Waals surface area contributed by atoms with E-state index >= 15 is 0 Å². The quantitative estimate of drug-likeness (QED) is 0.449. The molecular weight excluding hydrogens is 448 g/mol. The van der Waals surface area contributed by atoms with Crippen LogP contribution in [-0.4, -0.2) is 39.3 Å². The fourth-order valence-electron chi connectivity index (χ4n) is 2.51. The number of sulfonamides is 1. The number of hydrazine groups is 1. The summed E-state index contributed by atoms with van der Waals surface area (Å²) in [5.74, 6) is -1.35. The van der Waals surface area contributed by atoms with Crippen LogP contribution in [0.15, 0.2) is 53.4 Å². The van der Waals surface area contributed by atoms with E-state index in [0.29, 0.717) is 5.75 Å². The first-order valence-corrected chi connectivity index (χ1v) is 11.5. The van der Waals surface area contributed by atoms with Gasteiger partial charge in [-0.15, -0.1) is 0 Å². The number of carbonyl (C=O) groups is 3. The first kappa shape index (κ1) is 25.7. The lowest BCUT2D eigenvalue weighted by Crippen LogP contribution is -2.52. The lowest BCUT2D eigenvalue weighted by atomic mass is 9.95. The Morgan fingerprint density at radius 1 is 0.970 bits per heavy atom. The summed E-state index contributed by atoms with van der Waals surface area (Å²) in [5.41, 5.74) is 4.00. The van der Waals surface area contributed by atoms with Crippen LogP contribution in [0.4, 0.5) is 5.69 Å². The second-order valence-corrected chi connectivity index (χ2v) is 9.90. The zero-order valence-electron chi connectivity index (χ0n) is 19.1. The second-order valence-electron chi connectivity index (χ2n) is 8.22. The molecule has 0 aliphatic heterocycles. The summed E-state index contributed by atoms with van der Waals surface area (Å²) in [4.78, 5) is 36.5. The molecule has 1 unspecified atom stereocenters. The molecule has 0 saturated heterocycles. The molecule has 2 aromatic carbocycles. The molecule has 10 nitrogen and oxygen atoms in total. The van der Waals surface area contributed by atoms with Crippen LogP contribution in [0.5, 0.6) is 5.75 Å². The highest BCUT2D eigenvalue weighted by molar-refractivity contribution is 7.92. The molecule has 0 spiro atoms. The molecule has 1 atom stereocenters. The van der Waals surface area contributed by atoms with Crippen molar-refractivity contribution in [1.82, 2.24) is 16.2 Å². The van der Waals surface area contributed by atoms with Gasteiger partial charge in [-0.05, 0) is 37.3 Å². The van der Waals surface area contributed by atoms with Crippen LogP contribution in [0.2, 0.25) is 0 Å². The molecule has 3 amide bonds. The molecule has 0 heterocycles. The highest BCUT2D eigenvalue weighted by Crippen LogP contribution is 2.26. The standard InChI is InChI=1S/C22H28N4O6S/c1-14(23-21(29)22(2,3)4)19(27)24-25-20(28)15-9-8-10-16(13-15)33(30,31)26-17-11-6-7-12-18(17)32-5/h6-14,26H,1-5H3,(H,23,29)(H,24,27)(H,25,28). The Kier molecular flexibility index (Phi) is 8.04. The Hall–Kier alpha value is -3.60. The van der Waals surface area contributed by atoms with E-state index in [0.717, 1.165) is 0 Å². The summed E-state index contributed by atoms with van der Waals surface area (Å²) in [7, 11) is -2.60. The normalized spacial score (nSPS) is 12.3. The van der Waals surface area contributed by atoms with E-state index in [4.69, 9.17) is 4.74 Å². The van der Waals surface area contributed by atoms with Gasteiger partial charge in [-0.2, -0.15) is 0 Å². The third kappa shape index (κ3) is 6.94. The molecule has 2 aromatic rings. The molecule has 0 saturated carbocycles. The van der Waals surface area contributed by atoms with Crippen molar-refractivity contribution in [3.05, 3.63) is 54.1 Å².